The fraction of sp³-hybridized carbons (Fsp3) is 0.208. The van der Waals surface area contributed by atoms with E-state index < -0.39 is 28.9 Å². The fourth-order valence-corrected chi connectivity index (χ4v) is 3.66. The first-order chi connectivity index (χ1) is 16.6. The van der Waals surface area contributed by atoms with E-state index in [2.05, 4.69) is 10.3 Å². The molecule has 0 saturated heterocycles. The second kappa shape index (κ2) is 10.8. The van der Waals surface area contributed by atoms with Gasteiger partial charge < -0.3 is 19.8 Å². The summed E-state index contributed by atoms with van der Waals surface area (Å²) in [6, 6.07) is 12.0. The molecule has 0 aliphatic heterocycles. The van der Waals surface area contributed by atoms with E-state index in [0.29, 0.717) is 16.8 Å². The van der Waals surface area contributed by atoms with Crippen LogP contribution in [0.4, 0.5) is 11.4 Å². The summed E-state index contributed by atoms with van der Waals surface area (Å²) in [5, 5.41) is 13.6. The largest absolute Gasteiger partial charge is 0.462 e. The van der Waals surface area contributed by atoms with Gasteiger partial charge in [0.2, 0.25) is 6.10 Å². The lowest BCUT2D eigenvalue weighted by Crippen LogP contribution is -2.26. The molecule has 2 aromatic carbocycles. The van der Waals surface area contributed by atoms with Gasteiger partial charge in [-0.2, -0.15) is 0 Å². The van der Waals surface area contributed by atoms with Crippen molar-refractivity contribution in [3.05, 3.63) is 91.7 Å². The number of benzene rings is 2. The maximum atomic E-state index is 13.1. The lowest BCUT2D eigenvalue weighted by molar-refractivity contribution is -0.384. The Labute approximate surface area is 205 Å². The maximum Gasteiger partial charge on any atom is 0.356 e. The maximum absolute atomic E-state index is 13.1. The molecule has 0 radical (unpaired) electrons. The zero-order valence-corrected chi connectivity index (χ0v) is 19.8. The van der Waals surface area contributed by atoms with Crippen LogP contribution in [0.5, 0.6) is 0 Å². The number of aryl methyl sites for hydroxylation is 1. The average molecular weight is 500 g/mol. The minimum absolute atomic E-state index is 0.00131. The van der Waals surface area contributed by atoms with E-state index in [1.165, 1.54) is 12.1 Å². The standard InChI is InChI=1S/C24H22ClN3O7/c1-4-34-23(30)19-13(2)20(26-14(19)3)24(31)35-21(15-8-6-5-7-9-15)22(29)27-16-10-11-17(25)18(12-16)28(32)33/h5-12,21,26H,4H2,1-3H3,(H,27,29). The second-order valence-corrected chi connectivity index (χ2v) is 7.86. The Bertz CT molecular complexity index is 1290. The van der Waals surface area contributed by atoms with E-state index in [1.54, 1.807) is 51.1 Å². The first kappa shape index (κ1) is 25.4. The average Bonchev–Trinajstić information content (AvgIpc) is 3.13. The molecule has 1 aromatic heterocycles. The second-order valence-electron chi connectivity index (χ2n) is 7.45. The first-order valence-corrected chi connectivity index (χ1v) is 10.9. The molecule has 0 aliphatic carbocycles. The Balaban J connectivity index is 1.91. The molecule has 3 rings (SSSR count). The molecule has 11 heteroatoms. The molecule has 0 bridgehead atoms. The number of hydrogen-bond acceptors (Lipinski definition) is 7. The quantitative estimate of drug-likeness (QED) is 0.255. The van der Waals surface area contributed by atoms with Gasteiger partial charge in [-0.1, -0.05) is 41.9 Å². The summed E-state index contributed by atoms with van der Waals surface area (Å²) in [4.78, 5) is 51.8. The molecule has 10 nitrogen and oxygen atoms in total. The number of aromatic amines is 1. The predicted octanol–water partition coefficient (Wildman–Crippen LogP) is 4.91. The number of hydrogen-bond donors (Lipinski definition) is 2. The minimum atomic E-state index is -1.40. The van der Waals surface area contributed by atoms with Crippen molar-refractivity contribution in [1.82, 2.24) is 4.98 Å². The van der Waals surface area contributed by atoms with E-state index in [-0.39, 0.29) is 34.3 Å². The van der Waals surface area contributed by atoms with Crippen LogP contribution >= 0.6 is 11.6 Å². The van der Waals surface area contributed by atoms with Crippen molar-refractivity contribution >= 4 is 40.8 Å². The highest BCUT2D eigenvalue weighted by atomic mass is 35.5. The molecular weight excluding hydrogens is 478 g/mol. The van der Waals surface area contributed by atoms with Gasteiger partial charge in [-0.3, -0.25) is 14.9 Å². The number of halogens is 1. The molecule has 1 heterocycles. The van der Waals surface area contributed by atoms with Crippen molar-refractivity contribution in [3.63, 3.8) is 0 Å². The number of carbonyl (C=O) groups excluding carboxylic acids is 3. The Hall–Kier alpha value is -4.18. The molecule has 0 saturated carbocycles. The van der Waals surface area contributed by atoms with Crippen LogP contribution in [0.2, 0.25) is 5.02 Å². The molecule has 0 fully saturated rings. The SMILES string of the molecule is CCOC(=O)c1c(C)[nH]c(C(=O)OC(C(=O)Nc2ccc(Cl)c([N+](=O)[O-])c2)c2ccccc2)c1C. The third-order valence-corrected chi connectivity index (χ3v) is 5.42. The fourth-order valence-electron chi connectivity index (χ4n) is 3.47. The summed E-state index contributed by atoms with van der Waals surface area (Å²) in [7, 11) is 0. The Morgan fingerprint density at radius 2 is 1.80 bits per heavy atom. The third-order valence-electron chi connectivity index (χ3n) is 5.10. The number of anilines is 1. The molecule has 0 spiro atoms. The highest BCUT2D eigenvalue weighted by Crippen LogP contribution is 2.29. The Morgan fingerprint density at radius 1 is 1.11 bits per heavy atom. The van der Waals surface area contributed by atoms with Crippen molar-refractivity contribution in [3.8, 4) is 0 Å². The number of nitrogens with zero attached hydrogens (tertiary/aromatic N) is 1. The van der Waals surface area contributed by atoms with Gasteiger partial charge >= 0.3 is 11.9 Å². The van der Waals surface area contributed by atoms with E-state index in [4.69, 9.17) is 21.1 Å². The molecule has 3 aromatic rings. The number of ether oxygens (including phenoxy) is 2. The van der Waals surface area contributed by atoms with E-state index >= 15 is 0 Å². The smallest absolute Gasteiger partial charge is 0.356 e. The van der Waals surface area contributed by atoms with Crippen LogP contribution < -0.4 is 5.32 Å². The van der Waals surface area contributed by atoms with Gasteiger partial charge in [0, 0.05) is 23.0 Å². The lowest BCUT2D eigenvalue weighted by atomic mass is 10.1. The number of nitro groups is 1. The number of carbonyl (C=O) groups is 3. The van der Waals surface area contributed by atoms with Gasteiger partial charge in [-0.25, -0.2) is 9.59 Å². The van der Waals surface area contributed by atoms with Crippen LogP contribution in [-0.4, -0.2) is 34.4 Å². The number of rotatable bonds is 8. The lowest BCUT2D eigenvalue weighted by Gasteiger charge is -2.18. The summed E-state index contributed by atoms with van der Waals surface area (Å²) >= 11 is 5.83. The van der Waals surface area contributed by atoms with Crippen molar-refractivity contribution in [2.75, 3.05) is 11.9 Å². The number of esters is 2. The minimum Gasteiger partial charge on any atom is -0.462 e. The normalized spacial score (nSPS) is 11.4. The molecular formula is C24H22ClN3O7. The van der Waals surface area contributed by atoms with Crippen molar-refractivity contribution < 1.29 is 28.8 Å². The van der Waals surface area contributed by atoms with E-state index in [0.717, 1.165) is 6.07 Å². The van der Waals surface area contributed by atoms with Crippen molar-refractivity contribution in [2.45, 2.75) is 26.9 Å². The van der Waals surface area contributed by atoms with E-state index in [9.17, 15) is 24.5 Å². The summed E-state index contributed by atoms with van der Waals surface area (Å²) in [5.74, 6) is -2.19. The number of H-pyrrole nitrogens is 1. The summed E-state index contributed by atoms with van der Waals surface area (Å²) in [6.07, 6.45) is -1.40. The first-order valence-electron chi connectivity index (χ1n) is 10.5. The zero-order valence-electron chi connectivity index (χ0n) is 19.1. The highest BCUT2D eigenvalue weighted by molar-refractivity contribution is 6.32. The van der Waals surface area contributed by atoms with Crippen LogP contribution in [-0.2, 0) is 14.3 Å². The van der Waals surface area contributed by atoms with Gasteiger partial charge in [-0.15, -0.1) is 0 Å². The zero-order chi connectivity index (χ0) is 25.7. The molecule has 2 N–H and O–H groups in total. The van der Waals surface area contributed by atoms with Gasteiger partial charge in [0.25, 0.3) is 11.6 Å². The van der Waals surface area contributed by atoms with Crippen molar-refractivity contribution in [2.24, 2.45) is 0 Å². The number of aromatic nitrogens is 1. The molecule has 1 amide bonds. The Kier molecular flexibility index (Phi) is 7.87. The summed E-state index contributed by atoms with van der Waals surface area (Å²) in [6.45, 7) is 5.02. The van der Waals surface area contributed by atoms with Gasteiger partial charge in [0.15, 0.2) is 0 Å². The number of nitrogens with one attached hydrogen (secondary N) is 2. The van der Waals surface area contributed by atoms with Crippen LogP contribution in [0.1, 0.15) is 50.7 Å². The topological polar surface area (TPSA) is 141 Å². The number of nitro benzene ring substituents is 1. The van der Waals surface area contributed by atoms with Crippen LogP contribution in [0.15, 0.2) is 48.5 Å². The Morgan fingerprint density at radius 3 is 2.43 bits per heavy atom. The predicted molar refractivity (Wildman–Crippen MR) is 128 cm³/mol. The van der Waals surface area contributed by atoms with Crippen LogP contribution in [0.25, 0.3) is 0 Å². The number of amides is 1. The van der Waals surface area contributed by atoms with Crippen molar-refractivity contribution in [1.29, 1.82) is 0 Å². The molecule has 1 unspecified atom stereocenters. The van der Waals surface area contributed by atoms with E-state index in [1.807, 2.05) is 0 Å². The third kappa shape index (κ3) is 5.67. The molecule has 1 atom stereocenters. The molecule has 0 aliphatic rings. The highest BCUT2D eigenvalue weighted by Gasteiger charge is 2.30. The van der Waals surface area contributed by atoms with Crippen LogP contribution in [0, 0.1) is 24.0 Å². The molecule has 35 heavy (non-hydrogen) atoms. The van der Waals surface area contributed by atoms with Crippen LogP contribution in [0.3, 0.4) is 0 Å². The van der Waals surface area contributed by atoms with Gasteiger partial charge in [0.05, 0.1) is 17.1 Å². The monoisotopic (exact) mass is 499 g/mol. The summed E-state index contributed by atoms with van der Waals surface area (Å²) < 4.78 is 10.6. The van der Waals surface area contributed by atoms with Gasteiger partial charge in [0.1, 0.15) is 10.7 Å². The van der Waals surface area contributed by atoms with Gasteiger partial charge in [-0.05, 0) is 38.5 Å². The molecule has 182 valence electrons. The summed E-state index contributed by atoms with van der Waals surface area (Å²) in [5.41, 5.74) is 1.04.